The number of carbonyl (C=O) groups is 1. The number of hydrogen-bond donors (Lipinski definition) is 0. The van der Waals surface area contributed by atoms with Crippen LogP contribution in [-0.2, 0) is 14.3 Å². The molecule has 4 nitrogen and oxygen atoms in total. The fraction of sp³-hybridized carbons (Fsp3) is 0.947. The number of hydrogen-bond acceptors (Lipinski definition) is 3. The van der Waals surface area contributed by atoms with Gasteiger partial charge in [0.1, 0.15) is 0 Å². The molecule has 134 valence electrons. The predicted molar refractivity (Wildman–Crippen MR) is 92.3 cm³/mol. The monoisotopic (exact) mass is 325 g/mol. The van der Waals surface area contributed by atoms with Crippen molar-refractivity contribution in [2.75, 3.05) is 19.8 Å². The maximum atomic E-state index is 12.4. The van der Waals surface area contributed by atoms with Crippen molar-refractivity contribution in [1.82, 2.24) is 4.90 Å². The van der Waals surface area contributed by atoms with E-state index in [0.29, 0.717) is 18.9 Å². The van der Waals surface area contributed by atoms with Crippen LogP contribution in [0.25, 0.3) is 0 Å². The summed E-state index contributed by atoms with van der Waals surface area (Å²) < 4.78 is 11.7. The molecule has 2 atom stereocenters. The lowest BCUT2D eigenvalue weighted by Gasteiger charge is -2.45. The van der Waals surface area contributed by atoms with Gasteiger partial charge in [-0.1, -0.05) is 32.6 Å². The Hall–Kier alpha value is -0.610. The third-order valence-electron chi connectivity index (χ3n) is 5.26. The highest BCUT2D eigenvalue weighted by Gasteiger charge is 2.39. The average Bonchev–Trinajstić information content (AvgIpc) is 2.56. The molecule has 0 saturated carbocycles. The molecule has 2 saturated heterocycles. The van der Waals surface area contributed by atoms with Gasteiger partial charge in [0.25, 0.3) is 0 Å². The third-order valence-corrected chi connectivity index (χ3v) is 5.26. The lowest BCUT2D eigenvalue weighted by Crippen LogP contribution is -2.56. The van der Waals surface area contributed by atoms with Crippen LogP contribution in [0.5, 0.6) is 0 Å². The van der Waals surface area contributed by atoms with Crippen molar-refractivity contribution < 1.29 is 14.3 Å². The molecule has 23 heavy (non-hydrogen) atoms. The van der Waals surface area contributed by atoms with Gasteiger partial charge in [-0.2, -0.15) is 0 Å². The molecule has 2 heterocycles. The van der Waals surface area contributed by atoms with Gasteiger partial charge in [-0.15, -0.1) is 0 Å². The van der Waals surface area contributed by atoms with Crippen LogP contribution in [0.2, 0.25) is 0 Å². The first kappa shape index (κ1) is 18.7. The molecule has 0 bridgehead atoms. The van der Waals surface area contributed by atoms with Crippen LogP contribution < -0.4 is 0 Å². The molecule has 2 aliphatic rings. The fourth-order valence-corrected chi connectivity index (χ4v) is 3.72. The zero-order valence-corrected chi connectivity index (χ0v) is 15.1. The van der Waals surface area contributed by atoms with Crippen LogP contribution >= 0.6 is 0 Å². The first-order valence-electron chi connectivity index (χ1n) is 9.69. The first-order chi connectivity index (χ1) is 11.2. The molecule has 0 aromatic rings. The van der Waals surface area contributed by atoms with E-state index >= 15 is 0 Å². The van der Waals surface area contributed by atoms with Gasteiger partial charge in [-0.05, 0) is 45.4 Å². The number of unbranched alkanes of at least 4 members (excludes halogenated alkanes) is 4. The van der Waals surface area contributed by atoms with Crippen molar-refractivity contribution in [2.45, 2.75) is 96.3 Å². The lowest BCUT2D eigenvalue weighted by atomic mass is 9.88. The zero-order valence-electron chi connectivity index (χ0n) is 15.1. The third kappa shape index (κ3) is 5.75. The SMILES string of the molecule is CCCCCCCN1C(=O)CCCC1(C)COC1CCCCO1. The fourth-order valence-electron chi connectivity index (χ4n) is 3.72. The number of nitrogens with zero attached hydrogens (tertiary/aromatic N) is 1. The summed E-state index contributed by atoms with van der Waals surface area (Å²) in [6.45, 7) is 6.72. The van der Waals surface area contributed by atoms with E-state index in [1.54, 1.807) is 0 Å². The second-order valence-electron chi connectivity index (χ2n) is 7.42. The Bertz CT molecular complexity index is 355. The topological polar surface area (TPSA) is 38.8 Å². The highest BCUT2D eigenvalue weighted by molar-refractivity contribution is 5.77. The van der Waals surface area contributed by atoms with E-state index in [2.05, 4.69) is 18.7 Å². The number of carbonyl (C=O) groups excluding carboxylic acids is 1. The van der Waals surface area contributed by atoms with Gasteiger partial charge in [-0.3, -0.25) is 4.79 Å². The summed E-state index contributed by atoms with van der Waals surface area (Å²) in [6.07, 6.45) is 12.1. The van der Waals surface area contributed by atoms with E-state index in [0.717, 1.165) is 45.3 Å². The first-order valence-corrected chi connectivity index (χ1v) is 9.69. The maximum absolute atomic E-state index is 12.4. The Balaban J connectivity index is 1.82. The van der Waals surface area contributed by atoms with E-state index in [1.165, 1.54) is 32.1 Å². The number of ether oxygens (including phenoxy) is 2. The van der Waals surface area contributed by atoms with E-state index in [9.17, 15) is 4.79 Å². The normalized spacial score (nSPS) is 29.0. The zero-order chi connectivity index (χ0) is 16.5. The van der Waals surface area contributed by atoms with Crippen LogP contribution in [0.1, 0.15) is 84.5 Å². The summed E-state index contributed by atoms with van der Waals surface area (Å²) in [7, 11) is 0. The summed E-state index contributed by atoms with van der Waals surface area (Å²) in [5, 5.41) is 0. The van der Waals surface area contributed by atoms with Gasteiger partial charge in [0.2, 0.25) is 5.91 Å². The van der Waals surface area contributed by atoms with Gasteiger partial charge in [0.15, 0.2) is 6.29 Å². The van der Waals surface area contributed by atoms with E-state index < -0.39 is 0 Å². The molecule has 2 unspecified atom stereocenters. The summed E-state index contributed by atoms with van der Waals surface area (Å²) in [4.78, 5) is 14.5. The van der Waals surface area contributed by atoms with Gasteiger partial charge >= 0.3 is 0 Å². The Morgan fingerprint density at radius 3 is 2.78 bits per heavy atom. The van der Waals surface area contributed by atoms with Crippen molar-refractivity contribution in [2.24, 2.45) is 0 Å². The van der Waals surface area contributed by atoms with Crippen molar-refractivity contribution in [3.8, 4) is 0 Å². The van der Waals surface area contributed by atoms with Crippen molar-refractivity contribution in [1.29, 1.82) is 0 Å². The van der Waals surface area contributed by atoms with E-state index in [1.807, 2.05) is 0 Å². The molecule has 2 rings (SSSR count). The minimum absolute atomic E-state index is 0.0657. The van der Waals surface area contributed by atoms with Crippen molar-refractivity contribution >= 4 is 5.91 Å². The molecule has 0 aliphatic carbocycles. The highest BCUT2D eigenvalue weighted by atomic mass is 16.7. The summed E-state index contributed by atoms with van der Waals surface area (Å²) in [5.74, 6) is 0.308. The Kier molecular flexibility index (Phi) is 7.84. The standard InChI is InChI=1S/C19H35NO3/c1-3-4-5-6-8-14-20-17(21)11-10-13-19(20,2)16-23-18-12-7-9-15-22-18/h18H,3-16H2,1-2H3. The second-order valence-corrected chi connectivity index (χ2v) is 7.42. The van der Waals surface area contributed by atoms with Crippen molar-refractivity contribution in [3.63, 3.8) is 0 Å². The quantitative estimate of drug-likeness (QED) is 0.594. The lowest BCUT2D eigenvalue weighted by molar-refractivity contribution is -0.187. The van der Waals surface area contributed by atoms with E-state index in [-0.39, 0.29) is 11.8 Å². The molecule has 1 amide bonds. The number of piperidine rings is 1. The number of rotatable bonds is 9. The number of amides is 1. The molecule has 2 fully saturated rings. The van der Waals surface area contributed by atoms with Crippen LogP contribution in [0.4, 0.5) is 0 Å². The Labute approximate surface area is 141 Å². The predicted octanol–water partition coefficient (Wildman–Crippen LogP) is 4.27. The van der Waals surface area contributed by atoms with Crippen LogP contribution in [0.15, 0.2) is 0 Å². The summed E-state index contributed by atoms with van der Waals surface area (Å²) >= 11 is 0. The summed E-state index contributed by atoms with van der Waals surface area (Å²) in [6, 6.07) is 0. The van der Waals surface area contributed by atoms with Gasteiger partial charge in [0, 0.05) is 19.6 Å². The highest BCUT2D eigenvalue weighted by Crippen LogP contribution is 2.30. The van der Waals surface area contributed by atoms with Gasteiger partial charge in [-0.25, -0.2) is 0 Å². The molecular weight excluding hydrogens is 290 g/mol. The van der Waals surface area contributed by atoms with Crippen LogP contribution in [-0.4, -0.2) is 42.4 Å². The molecule has 0 aromatic heterocycles. The maximum Gasteiger partial charge on any atom is 0.223 e. The Morgan fingerprint density at radius 1 is 1.22 bits per heavy atom. The van der Waals surface area contributed by atoms with E-state index in [4.69, 9.17) is 9.47 Å². The van der Waals surface area contributed by atoms with Crippen molar-refractivity contribution in [3.05, 3.63) is 0 Å². The smallest absolute Gasteiger partial charge is 0.223 e. The molecular formula is C19H35NO3. The molecule has 0 N–H and O–H groups in total. The minimum atomic E-state index is -0.152. The molecule has 0 radical (unpaired) electrons. The second kappa shape index (κ2) is 9.63. The van der Waals surface area contributed by atoms with Crippen LogP contribution in [0.3, 0.4) is 0 Å². The molecule has 0 aromatic carbocycles. The summed E-state index contributed by atoms with van der Waals surface area (Å²) in [5.41, 5.74) is -0.152. The molecule has 2 aliphatic heterocycles. The molecule has 0 spiro atoms. The van der Waals surface area contributed by atoms with Crippen LogP contribution in [0, 0.1) is 0 Å². The molecule has 4 heteroatoms. The van der Waals surface area contributed by atoms with Gasteiger partial charge in [0.05, 0.1) is 12.1 Å². The number of likely N-dealkylation sites (tertiary alicyclic amines) is 1. The largest absolute Gasteiger partial charge is 0.353 e. The average molecular weight is 325 g/mol. The van der Waals surface area contributed by atoms with Gasteiger partial charge < -0.3 is 14.4 Å². The Morgan fingerprint density at radius 2 is 2.04 bits per heavy atom. The minimum Gasteiger partial charge on any atom is -0.353 e.